The summed E-state index contributed by atoms with van der Waals surface area (Å²) in [5, 5.41) is 12.4. The third kappa shape index (κ3) is 4.96. The predicted octanol–water partition coefficient (Wildman–Crippen LogP) is 2.66. The topological polar surface area (TPSA) is 49.3 Å². The molecule has 1 aromatic rings. The van der Waals surface area contributed by atoms with Crippen LogP contribution in [0.4, 0.5) is 0 Å². The number of hydrogen-bond acceptors (Lipinski definition) is 2. The van der Waals surface area contributed by atoms with Gasteiger partial charge >= 0.3 is 0 Å². The van der Waals surface area contributed by atoms with Crippen LogP contribution in [0.25, 0.3) is 0 Å². The minimum Gasteiger partial charge on any atom is -0.393 e. The number of benzene rings is 1. The van der Waals surface area contributed by atoms with Crippen LogP contribution in [0.3, 0.4) is 0 Å². The van der Waals surface area contributed by atoms with Crippen LogP contribution in [-0.4, -0.2) is 23.7 Å². The quantitative estimate of drug-likeness (QED) is 0.874. The van der Waals surface area contributed by atoms with Gasteiger partial charge in [0.1, 0.15) is 0 Å². The first kappa shape index (κ1) is 14.5. The Morgan fingerprint density at radius 2 is 2.26 bits per heavy atom. The lowest BCUT2D eigenvalue weighted by Gasteiger charge is -2.10. The molecule has 1 amide bonds. The van der Waals surface area contributed by atoms with E-state index in [1.807, 2.05) is 24.3 Å². The van der Waals surface area contributed by atoms with Crippen LogP contribution < -0.4 is 5.32 Å². The number of rotatable bonds is 5. The molecule has 1 aliphatic rings. The van der Waals surface area contributed by atoms with Gasteiger partial charge in [0.15, 0.2) is 0 Å². The minimum absolute atomic E-state index is 0.0985. The summed E-state index contributed by atoms with van der Waals surface area (Å²) in [4.78, 5) is 11.8. The lowest BCUT2D eigenvalue weighted by atomic mass is 10.1. The molecule has 104 valence electrons. The lowest BCUT2D eigenvalue weighted by molar-refractivity contribution is -0.121. The second-order valence-corrected chi connectivity index (χ2v) is 6.18. The highest BCUT2D eigenvalue weighted by Crippen LogP contribution is 2.24. The zero-order chi connectivity index (χ0) is 13.7. The minimum atomic E-state index is -0.163. The first-order chi connectivity index (χ1) is 9.13. The average Bonchev–Trinajstić information content (AvgIpc) is 2.80. The summed E-state index contributed by atoms with van der Waals surface area (Å²) < 4.78 is 1.05. The molecule has 19 heavy (non-hydrogen) atoms. The van der Waals surface area contributed by atoms with Gasteiger partial charge in [-0.15, -0.1) is 0 Å². The number of amides is 1. The van der Waals surface area contributed by atoms with E-state index < -0.39 is 0 Å². The first-order valence-electron chi connectivity index (χ1n) is 6.82. The highest BCUT2D eigenvalue weighted by atomic mass is 79.9. The number of hydrogen-bond donors (Lipinski definition) is 2. The van der Waals surface area contributed by atoms with Crippen molar-refractivity contribution in [2.75, 3.05) is 6.54 Å². The van der Waals surface area contributed by atoms with Crippen LogP contribution in [0.1, 0.15) is 31.2 Å². The van der Waals surface area contributed by atoms with Crippen molar-refractivity contribution in [3.05, 3.63) is 34.3 Å². The number of carbonyl (C=O) groups excluding carboxylic acids is 1. The normalized spacial score (nSPS) is 22.4. The summed E-state index contributed by atoms with van der Waals surface area (Å²) in [6.07, 6.45) is 3.84. The van der Waals surface area contributed by atoms with Crippen molar-refractivity contribution in [1.82, 2.24) is 5.32 Å². The van der Waals surface area contributed by atoms with Crippen molar-refractivity contribution >= 4 is 21.8 Å². The van der Waals surface area contributed by atoms with Gasteiger partial charge in [-0.05, 0) is 49.3 Å². The zero-order valence-electron chi connectivity index (χ0n) is 10.9. The van der Waals surface area contributed by atoms with Crippen LogP contribution in [0.15, 0.2) is 28.7 Å². The van der Waals surface area contributed by atoms with Gasteiger partial charge in [-0.1, -0.05) is 28.1 Å². The highest BCUT2D eigenvalue weighted by Gasteiger charge is 2.22. The summed E-state index contributed by atoms with van der Waals surface area (Å²) in [7, 11) is 0. The van der Waals surface area contributed by atoms with Crippen LogP contribution in [-0.2, 0) is 11.2 Å². The molecule has 0 aliphatic heterocycles. The molecule has 1 aliphatic carbocycles. The van der Waals surface area contributed by atoms with Gasteiger partial charge < -0.3 is 10.4 Å². The molecule has 2 rings (SSSR count). The van der Waals surface area contributed by atoms with E-state index in [1.54, 1.807) is 0 Å². The summed E-state index contributed by atoms with van der Waals surface area (Å²) in [6, 6.07) is 8.04. The lowest BCUT2D eigenvalue weighted by Crippen LogP contribution is -2.28. The van der Waals surface area contributed by atoms with Crippen LogP contribution in [0, 0.1) is 5.92 Å². The van der Waals surface area contributed by atoms with Crippen molar-refractivity contribution in [3.8, 4) is 0 Å². The second-order valence-electron chi connectivity index (χ2n) is 5.27. The summed E-state index contributed by atoms with van der Waals surface area (Å²) in [5.74, 6) is 0.547. The van der Waals surface area contributed by atoms with E-state index in [2.05, 4.69) is 21.2 Å². The highest BCUT2D eigenvalue weighted by molar-refractivity contribution is 9.10. The van der Waals surface area contributed by atoms with E-state index in [9.17, 15) is 9.90 Å². The standard InChI is InChI=1S/C15H20BrNO2/c16-13-3-1-2-11(8-13)5-7-15(19)17-10-12-4-6-14(18)9-12/h1-3,8,12,14,18H,4-7,9-10H2,(H,17,19). The fourth-order valence-electron chi connectivity index (χ4n) is 2.53. The fourth-order valence-corrected chi connectivity index (χ4v) is 2.98. The van der Waals surface area contributed by atoms with Crippen molar-refractivity contribution in [3.63, 3.8) is 0 Å². The number of aliphatic hydroxyl groups excluding tert-OH is 1. The van der Waals surface area contributed by atoms with Crippen molar-refractivity contribution in [2.45, 2.75) is 38.2 Å². The maximum atomic E-state index is 11.8. The van der Waals surface area contributed by atoms with Crippen LogP contribution in [0.2, 0.25) is 0 Å². The molecule has 4 heteroatoms. The Balaban J connectivity index is 1.67. The van der Waals surface area contributed by atoms with E-state index in [4.69, 9.17) is 0 Å². The predicted molar refractivity (Wildman–Crippen MR) is 78.8 cm³/mol. The van der Waals surface area contributed by atoms with Gasteiger partial charge in [0, 0.05) is 17.4 Å². The van der Waals surface area contributed by atoms with E-state index in [0.717, 1.165) is 30.2 Å². The number of nitrogens with one attached hydrogen (secondary N) is 1. The Morgan fingerprint density at radius 1 is 1.42 bits per heavy atom. The van der Waals surface area contributed by atoms with E-state index >= 15 is 0 Å². The van der Waals surface area contributed by atoms with E-state index in [-0.39, 0.29) is 12.0 Å². The molecule has 0 saturated heterocycles. The van der Waals surface area contributed by atoms with Gasteiger partial charge in [-0.3, -0.25) is 4.79 Å². The second kappa shape index (κ2) is 7.06. The fraction of sp³-hybridized carbons (Fsp3) is 0.533. The smallest absolute Gasteiger partial charge is 0.220 e. The molecule has 1 saturated carbocycles. The Morgan fingerprint density at radius 3 is 2.95 bits per heavy atom. The molecule has 1 fully saturated rings. The number of aliphatic hydroxyl groups is 1. The molecular formula is C15H20BrNO2. The first-order valence-corrected chi connectivity index (χ1v) is 7.62. The van der Waals surface area contributed by atoms with Crippen LogP contribution >= 0.6 is 15.9 Å². The van der Waals surface area contributed by atoms with E-state index in [0.29, 0.717) is 18.9 Å². The molecule has 2 atom stereocenters. The van der Waals surface area contributed by atoms with E-state index in [1.165, 1.54) is 5.56 Å². The Hall–Kier alpha value is -0.870. The molecule has 0 heterocycles. The van der Waals surface area contributed by atoms with Gasteiger partial charge in [0.2, 0.25) is 5.91 Å². The molecule has 0 radical (unpaired) electrons. The maximum Gasteiger partial charge on any atom is 0.220 e. The molecule has 3 nitrogen and oxygen atoms in total. The Labute approximate surface area is 122 Å². The third-order valence-electron chi connectivity index (χ3n) is 3.63. The Kier molecular flexibility index (Phi) is 5.40. The monoisotopic (exact) mass is 325 g/mol. The molecular weight excluding hydrogens is 306 g/mol. The van der Waals surface area contributed by atoms with Crippen LogP contribution in [0.5, 0.6) is 0 Å². The number of aryl methyl sites for hydroxylation is 1. The van der Waals surface area contributed by atoms with Gasteiger partial charge in [0.05, 0.1) is 6.10 Å². The zero-order valence-corrected chi connectivity index (χ0v) is 12.5. The molecule has 2 N–H and O–H groups in total. The summed E-state index contributed by atoms with van der Waals surface area (Å²) in [6.45, 7) is 0.703. The summed E-state index contributed by atoms with van der Waals surface area (Å²) >= 11 is 3.43. The number of carbonyl (C=O) groups is 1. The van der Waals surface area contributed by atoms with Gasteiger partial charge in [-0.2, -0.15) is 0 Å². The number of halogens is 1. The molecule has 2 unspecified atom stereocenters. The molecule has 0 bridgehead atoms. The third-order valence-corrected chi connectivity index (χ3v) is 4.12. The van der Waals surface area contributed by atoms with Crippen molar-refractivity contribution < 1.29 is 9.90 Å². The molecule has 0 spiro atoms. The molecule has 0 aromatic heterocycles. The molecule has 1 aromatic carbocycles. The summed E-state index contributed by atoms with van der Waals surface area (Å²) in [5.41, 5.74) is 1.17. The SMILES string of the molecule is O=C(CCc1cccc(Br)c1)NCC1CCC(O)C1. The maximum absolute atomic E-state index is 11.8. The van der Waals surface area contributed by atoms with Gasteiger partial charge in [-0.25, -0.2) is 0 Å². The van der Waals surface area contributed by atoms with Crippen molar-refractivity contribution in [2.24, 2.45) is 5.92 Å². The average molecular weight is 326 g/mol. The Bertz CT molecular complexity index is 436. The van der Waals surface area contributed by atoms with Crippen molar-refractivity contribution in [1.29, 1.82) is 0 Å². The largest absolute Gasteiger partial charge is 0.393 e. The van der Waals surface area contributed by atoms with Gasteiger partial charge in [0.25, 0.3) is 0 Å².